The molecule has 4 atom stereocenters. The molecule has 0 spiro atoms. The summed E-state index contributed by atoms with van der Waals surface area (Å²) in [4.78, 5) is 25.1. The highest BCUT2D eigenvalue weighted by molar-refractivity contribution is 5.04. The number of aromatic nitrogens is 2. The van der Waals surface area contributed by atoms with E-state index >= 15 is 0 Å². The van der Waals surface area contributed by atoms with Gasteiger partial charge in [0.05, 0.1) is 6.61 Å². The zero-order valence-electron chi connectivity index (χ0n) is 10.3. The maximum absolute atomic E-state index is 11.8. The van der Waals surface area contributed by atoms with Gasteiger partial charge in [-0.3, -0.25) is 14.3 Å². The highest BCUT2D eigenvalue weighted by Gasteiger charge is 2.44. The lowest BCUT2D eigenvalue weighted by atomic mass is 10.1. The average Bonchev–Trinajstić information content (AvgIpc) is 2.65. The minimum absolute atomic E-state index is 0.378. The van der Waals surface area contributed by atoms with Crippen LogP contribution < -0.4 is 11.2 Å². The molecule has 0 amide bonds. The molecule has 0 unspecified atom stereocenters. The third-order valence-electron chi connectivity index (χ3n) is 3.19. The van der Waals surface area contributed by atoms with E-state index in [-0.39, 0.29) is 0 Å². The first-order valence-corrected chi connectivity index (χ1v) is 5.96. The van der Waals surface area contributed by atoms with Crippen LogP contribution in [0.3, 0.4) is 0 Å². The lowest BCUT2D eigenvalue weighted by Crippen LogP contribution is -2.39. The van der Waals surface area contributed by atoms with E-state index in [9.17, 15) is 19.8 Å². The molecule has 2 rings (SSSR count). The Kier molecular flexibility index (Phi) is 3.85. The Balaban J connectivity index is 2.48. The summed E-state index contributed by atoms with van der Waals surface area (Å²) in [5, 5.41) is 28.6. The molecule has 8 nitrogen and oxygen atoms in total. The van der Waals surface area contributed by atoms with Gasteiger partial charge >= 0.3 is 5.69 Å². The standard InChI is InChI=1S/C11H16N2O6/c1-2-5-3-7(15)12-11(18)13(5)10-9(17)8(16)6(4-14)19-10/h3,6,8-10,14,16-17H,2,4H2,1H3,(H,12,15,18)/t6-,8-,9-,10-/m1/s1. The van der Waals surface area contributed by atoms with Crippen molar-refractivity contribution in [2.75, 3.05) is 6.61 Å². The molecule has 0 radical (unpaired) electrons. The lowest BCUT2D eigenvalue weighted by molar-refractivity contribution is -0.0562. The maximum atomic E-state index is 11.8. The van der Waals surface area contributed by atoms with Gasteiger partial charge < -0.3 is 20.1 Å². The predicted octanol–water partition coefficient (Wildman–Crippen LogP) is -2.29. The fraction of sp³-hybridized carbons (Fsp3) is 0.636. The summed E-state index contributed by atoms with van der Waals surface area (Å²) in [5.41, 5.74) is -0.882. The van der Waals surface area contributed by atoms with Crippen LogP contribution in [0.15, 0.2) is 15.7 Å². The first-order chi connectivity index (χ1) is 8.99. The monoisotopic (exact) mass is 272 g/mol. The molecular formula is C11H16N2O6. The van der Waals surface area contributed by atoms with Crippen molar-refractivity contribution in [1.82, 2.24) is 9.55 Å². The summed E-state index contributed by atoms with van der Waals surface area (Å²) >= 11 is 0. The zero-order valence-corrected chi connectivity index (χ0v) is 10.3. The molecule has 0 bridgehead atoms. The van der Waals surface area contributed by atoms with Crippen molar-refractivity contribution in [2.45, 2.75) is 37.9 Å². The number of nitrogens with one attached hydrogen (secondary N) is 1. The van der Waals surface area contributed by atoms with Crippen molar-refractivity contribution >= 4 is 0 Å². The molecule has 2 heterocycles. The normalized spacial score (nSPS) is 30.7. The topological polar surface area (TPSA) is 125 Å². The minimum Gasteiger partial charge on any atom is -0.394 e. The predicted molar refractivity (Wildman–Crippen MR) is 63.7 cm³/mol. The van der Waals surface area contributed by atoms with Gasteiger partial charge in [-0.2, -0.15) is 0 Å². The quantitative estimate of drug-likeness (QED) is 0.491. The van der Waals surface area contributed by atoms with E-state index in [1.807, 2.05) is 0 Å². The molecule has 1 fully saturated rings. The molecule has 1 aromatic rings. The van der Waals surface area contributed by atoms with E-state index in [0.717, 1.165) is 4.57 Å². The van der Waals surface area contributed by atoms with Gasteiger partial charge in [0.1, 0.15) is 18.3 Å². The summed E-state index contributed by atoms with van der Waals surface area (Å²) in [6.07, 6.45) is -4.37. The number of hydrogen-bond acceptors (Lipinski definition) is 6. The summed E-state index contributed by atoms with van der Waals surface area (Å²) in [7, 11) is 0. The van der Waals surface area contributed by atoms with E-state index in [1.165, 1.54) is 6.07 Å². The van der Waals surface area contributed by atoms with Gasteiger partial charge in [0.15, 0.2) is 6.23 Å². The Morgan fingerprint density at radius 2 is 2.05 bits per heavy atom. The van der Waals surface area contributed by atoms with Crippen LogP contribution >= 0.6 is 0 Å². The second-order valence-electron chi connectivity index (χ2n) is 4.38. The summed E-state index contributed by atoms with van der Waals surface area (Å²) in [6, 6.07) is 1.23. The van der Waals surface area contributed by atoms with E-state index in [2.05, 4.69) is 4.98 Å². The highest BCUT2D eigenvalue weighted by atomic mass is 16.6. The number of aliphatic hydroxyl groups excluding tert-OH is 3. The van der Waals surface area contributed by atoms with E-state index in [4.69, 9.17) is 9.84 Å². The van der Waals surface area contributed by atoms with Crippen LogP contribution in [-0.4, -0.2) is 49.8 Å². The van der Waals surface area contributed by atoms with Gasteiger partial charge in [0.2, 0.25) is 0 Å². The van der Waals surface area contributed by atoms with Gasteiger partial charge in [0.25, 0.3) is 5.56 Å². The Hall–Kier alpha value is -1.48. The molecule has 8 heteroatoms. The van der Waals surface area contributed by atoms with Crippen molar-refractivity contribution in [2.24, 2.45) is 0 Å². The number of hydrogen-bond donors (Lipinski definition) is 4. The van der Waals surface area contributed by atoms with Crippen molar-refractivity contribution in [3.63, 3.8) is 0 Å². The Morgan fingerprint density at radius 1 is 1.37 bits per heavy atom. The molecule has 1 aromatic heterocycles. The maximum Gasteiger partial charge on any atom is 0.330 e. The van der Waals surface area contributed by atoms with Crippen LogP contribution in [0.2, 0.25) is 0 Å². The summed E-state index contributed by atoms with van der Waals surface area (Å²) in [5.74, 6) is 0. The first-order valence-electron chi connectivity index (χ1n) is 5.96. The Morgan fingerprint density at radius 3 is 2.58 bits per heavy atom. The van der Waals surface area contributed by atoms with E-state index < -0.39 is 42.4 Å². The second kappa shape index (κ2) is 5.25. The molecule has 0 saturated carbocycles. The number of rotatable bonds is 3. The van der Waals surface area contributed by atoms with Gasteiger partial charge in [-0.25, -0.2) is 4.79 Å². The van der Waals surface area contributed by atoms with Gasteiger partial charge in [0, 0.05) is 11.8 Å². The fourth-order valence-corrected chi connectivity index (χ4v) is 2.20. The molecule has 1 saturated heterocycles. The molecule has 0 aromatic carbocycles. The smallest absolute Gasteiger partial charge is 0.330 e. The van der Waals surface area contributed by atoms with Crippen LogP contribution in [0.4, 0.5) is 0 Å². The summed E-state index contributed by atoms with van der Waals surface area (Å²) in [6.45, 7) is 1.26. The number of aliphatic hydroxyl groups is 3. The third-order valence-corrected chi connectivity index (χ3v) is 3.19. The number of ether oxygens (including phenoxy) is 1. The van der Waals surface area contributed by atoms with Gasteiger partial charge in [-0.1, -0.05) is 6.92 Å². The van der Waals surface area contributed by atoms with E-state index in [1.54, 1.807) is 6.92 Å². The van der Waals surface area contributed by atoms with Crippen molar-refractivity contribution in [3.05, 3.63) is 32.6 Å². The molecule has 1 aliphatic rings. The molecule has 4 N–H and O–H groups in total. The first kappa shape index (κ1) is 13.9. The van der Waals surface area contributed by atoms with Crippen LogP contribution in [0.25, 0.3) is 0 Å². The highest BCUT2D eigenvalue weighted by Crippen LogP contribution is 2.28. The lowest BCUT2D eigenvalue weighted by Gasteiger charge is -2.20. The number of H-pyrrole nitrogens is 1. The van der Waals surface area contributed by atoms with E-state index in [0.29, 0.717) is 12.1 Å². The number of aromatic amines is 1. The molecule has 1 aliphatic heterocycles. The largest absolute Gasteiger partial charge is 0.394 e. The van der Waals surface area contributed by atoms with Gasteiger partial charge in [-0.15, -0.1) is 0 Å². The van der Waals surface area contributed by atoms with Crippen LogP contribution in [0, 0.1) is 0 Å². The third kappa shape index (κ3) is 2.35. The van der Waals surface area contributed by atoms with Crippen molar-refractivity contribution in [3.8, 4) is 0 Å². The average molecular weight is 272 g/mol. The molecule has 19 heavy (non-hydrogen) atoms. The fourth-order valence-electron chi connectivity index (χ4n) is 2.20. The minimum atomic E-state index is -1.36. The summed E-state index contributed by atoms with van der Waals surface area (Å²) < 4.78 is 6.36. The zero-order chi connectivity index (χ0) is 14.2. The van der Waals surface area contributed by atoms with Crippen LogP contribution in [0.1, 0.15) is 18.8 Å². The van der Waals surface area contributed by atoms with Crippen molar-refractivity contribution in [1.29, 1.82) is 0 Å². The molecule has 0 aliphatic carbocycles. The second-order valence-corrected chi connectivity index (χ2v) is 4.38. The van der Waals surface area contributed by atoms with Gasteiger partial charge in [-0.05, 0) is 6.42 Å². The molecule has 106 valence electrons. The Labute approximate surface area is 107 Å². The van der Waals surface area contributed by atoms with Crippen LogP contribution in [-0.2, 0) is 11.2 Å². The SMILES string of the molecule is CCc1cc(=O)[nH]c(=O)n1[C@@H]1O[C@H](CO)[C@@H](O)[C@H]1O. The van der Waals surface area contributed by atoms with Crippen LogP contribution in [0.5, 0.6) is 0 Å². The Bertz CT molecular complexity index is 565. The molecular weight excluding hydrogens is 256 g/mol. The van der Waals surface area contributed by atoms with Crippen molar-refractivity contribution < 1.29 is 20.1 Å². The number of nitrogens with zero attached hydrogens (tertiary/aromatic N) is 1. The number of aryl methyl sites for hydroxylation is 1.